The second-order valence-corrected chi connectivity index (χ2v) is 7.69. The smallest absolute Gasteiger partial charge is 0.325 e. The Balaban J connectivity index is 1.91. The van der Waals surface area contributed by atoms with Crippen molar-refractivity contribution < 1.29 is 31.1 Å². The van der Waals surface area contributed by atoms with Gasteiger partial charge in [0.15, 0.2) is 0 Å². The number of alkyl halides is 6. The molecule has 12 heteroatoms. The van der Waals surface area contributed by atoms with E-state index in [1.807, 2.05) is 5.32 Å². The number of rotatable bonds is 3. The Kier molecular flexibility index (Phi) is 5.39. The molecule has 0 aliphatic rings. The van der Waals surface area contributed by atoms with Crippen LogP contribution in [0.25, 0.3) is 10.2 Å². The lowest BCUT2D eigenvalue weighted by atomic mass is 10.1. The van der Waals surface area contributed by atoms with Gasteiger partial charge in [0.25, 0.3) is 5.56 Å². The number of anilines is 1. The van der Waals surface area contributed by atoms with E-state index in [1.165, 1.54) is 11.3 Å². The van der Waals surface area contributed by atoms with Crippen LogP contribution >= 0.6 is 11.3 Å². The first-order chi connectivity index (χ1) is 13.8. The van der Waals surface area contributed by atoms with Gasteiger partial charge in [-0.3, -0.25) is 14.2 Å². The highest BCUT2D eigenvalue weighted by Crippen LogP contribution is 2.37. The van der Waals surface area contributed by atoms with Gasteiger partial charge in [-0.05, 0) is 37.6 Å². The number of aryl methyl sites for hydroxylation is 2. The van der Waals surface area contributed by atoms with Crippen molar-refractivity contribution in [1.29, 1.82) is 0 Å². The van der Waals surface area contributed by atoms with Gasteiger partial charge in [-0.1, -0.05) is 0 Å². The fourth-order valence-electron chi connectivity index (χ4n) is 2.76. The molecule has 1 amide bonds. The minimum atomic E-state index is -5.04. The molecule has 3 rings (SSSR count). The van der Waals surface area contributed by atoms with Gasteiger partial charge in [-0.25, -0.2) is 4.98 Å². The van der Waals surface area contributed by atoms with Crippen LogP contribution in [-0.4, -0.2) is 15.5 Å². The van der Waals surface area contributed by atoms with E-state index in [-0.39, 0.29) is 6.07 Å². The van der Waals surface area contributed by atoms with Gasteiger partial charge in [-0.15, -0.1) is 11.3 Å². The Hall–Kier alpha value is -2.89. The van der Waals surface area contributed by atoms with Crippen LogP contribution in [0.5, 0.6) is 0 Å². The predicted molar refractivity (Wildman–Crippen MR) is 98.4 cm³/mol. The molecule has 1 N–H and O–H groups in total. The van der Waals surface area contributed by atoms with Crippen LogP contribution in [0.3, 0.4) is 0 Å². The summed E-state index contributed by atoms with van der Waals surface area (Å²) in [6.07, 6.45) is -8.98. The van der Waals surface area contributed by atoms with Crippen LogP contribution in [0.1, 0.15) is 21.6 Å². The van der Waals surface area contributed by atoms with Crippen molar-refractivity contribution >= 4 is 33.1 Å². The number of nitrogens with one attached hydrogen (secondary N) is 1. The van der Waals surface area contributed by atoms with Crippen LogP contribution in [0, 0.1) is 13.8 Å². The van der Waals surface area contributed by atoms with Gasteiger partial charge in [0, 0.05) is 10.6 Å². The summed E-state index contributed by atoms with van der Waals surface area (Å²) in [6, 6.07) is 0.743. The van der Waals surface area contributed by atoms with Crippen molar-refractivity contribution in [3.05, 3.63) is 56.4 Å². The first-order valence-corrected chi connectivity index (χ1v) is 9.13. The first kappa shape index (κ1) is 21.8. The van der Waals surface area contributed by atoms with Crippen LogP contribution in [0.15, 0.2) is 29.3 Å². The molecule has 30 heavy (non-hydrogen) atoms. The first-order valence-electron chi connectivity index (χ1n) is 8.32. The molecule has 0 bridgehead atoms. The SMILES string of the molecule is Cc1sc2ncn(CC(=O)Nc3cc(C(F)(F)F)cc(C(F)(F)F)c3)c(=O)c2c1C. The van der Waals surface area contributed by atoms with E-state index in [0.717, 1.165) is 15.8 Å². The highest BCUT2D eigenvalue weighted by Gasteiger charge is 2.37. The van der Waals surface area contributed by atoms with Crippen molar-refractivity contribution in [1.82, 2.24) is 9.55 Å². The number of carbonyl (C=O) groups excluding carboxylic acids is 1. The molecule has 0 aliphatic carbocycles. The molecule has 160 valence electrons. The summed E-state index contributed by atoms with van der Waals surface area (Å²) in [6.45, 7) is 2.88. The van der Waals surface area contributed by atoms with Crippen molar-refractivity contribution in [3.8, 4) is 0 Å². The number of amides is 1. The molecule has 5 nitrogen and oxygen atoms in total. The lowest BCUT2D eigenvalue weighted by molar-refractivity contribution is -0.143. The maximum Gasteiger partial charge on any atom is 0.416 e. The van der Waals surface area contributed by atoms with E-state index in [2.05, 4.69) is 4.98 Å². The molecule has 0 spiro atoms. The molecular formula is C18H13F6N3O2S. The van der Waals surface area contributed by atoms with Gasteiger partial charge in [0.1, 0.15) is 11.4 Å². The van der Waals surface area contributed by atoms with E-state index in [1.54, 1.807) is 13.8 Å². The van der Waals surface area contributed by atoms with Crippen molar-refractivity contribution in [3.63, 3.8) is 0 Å². The van der Waals surface area contributed by atoms with E-state index < -0.39 is 47.2 Å². The van der Waals surface area contributed by atoms with E-state index in [9.17, 15) is 35.9 Å². The third-order valence-corrected chi connectivity index (χ3v) is 5.46. The average molecular weight is 449 g/mol. The normalized spacial score (nSPS) is 12.4. The Morgan fingerprint density at radius 1 is 1.07 bits per heavy atom. The maximum atomic E-state index is 12.9. The van der Waals surface area contributed by atoms with Crippen molar-refractivity contribution in [2.75, 3.05) is 5.32 Å². The topological polar surface area (TPSA) is 64.0 Å². The van der Waals surface area contributed by atoms with Gasteiger partial charge in [-0.2, -0.15) is 26.3 Å². The van der Waals surface area contributed by atoms with Crippen LogP contribution in [0.4, 0.5) is 32.0 Å². The predicted octanol–water partition coefficient (Wildman–Crippen LogP) is 4.75. The second-order valence-electron chi connectivity index (χ2n) is 6.48. The largest absolute Gasteiger partial charge is 0.416 e. The van der Waals surface area contributed by atoms with Crippen LogP contribution in [-0.2, 0) is 23.7 Å². The summed E-state index contributed by atoms with van der Waals surface area (Å²) < 4.78 is 78.5. The summed E-state index contributed by atoms with van der Waals surface area (Å²) in [5, 5.41) is 2.30. The number of aromatic nitrogens is 2. The second kappa shape index (κ2) is 7.42. The molecule has 0 saturated carbocycles. The summed E-state index contributed by atoms with van der Waals surface area (Å²) >= 11 is 1.29. The molecule has 0 fully saturated rings. The monoisotopic (exact) mass is 449 g/mol. The standard InChI is InChI=1S/C18H13F6N3O2S/c1-8-9(2)30-15-14(8)16(29)27(7-25-15)6-13(28)26-12-4-10(17(19,20)21)3-11(5-12)18(22,23)24/h3-5,7H,6H2,1-2H3,(H,26,28). The Bertz CT molecular complexity index is 1160. The molecule has 0 unspecified atom stereocenters. The number of hydrogen-bond acceptors (Lipinski definition) is 4. The molecule has 3 aromatic rings. The fourth-order valence-corrected chi connectivity index (χ4v) is 3.75. The van der Waals surface area contributed by atoms with E-state index in [4.69, 9.17) is 0 Å². The number of carbonyl (C=O) groups is 1. The molecule has 0 saturated heterocycles. The van der Waals surface area contributed by atoms with Gasteiger partial charge in [0.05, 0.1) is 22.8 Å². The number of fused-ring (bicyclic) bond motifs is 1. The highest BCUT2D eigenvalue weighted by molar-refractivity contribution is 7.18. The van der Waals surface area contributed by atoms with Gasteiger partial charge in [0.2, 0.25) is 5.91 Å². The number of halogens is 6. The lowest BCUT2D eigenvalue weighted by Gasteiger charge is -2.15. The van der Waals surface area contributed by atoms with Crippen LogP contribution < -0.4 is 10.9 Å². The van der Waals surface area contributed by atoms with Gasteiger partial charge < -0.3 is 5.32 Å². The third kappa shape index (κ3) is 4.32. The van der Waals surface area contributed by atoms with Crippen molar-refractivity contribution in [2.45, 2.75) is 32.7 Å². The van der Waals surface area contributed by atoms with Crippen LogP contribution in [0.2, 0.25) is 0 Å². The number of thiophene rings is 1. The fraction of sp³-hybridized carbons (Fsp3) is 0.278. The summed E-state index contributed by atoms with van der Waals surface area (Å²) in [4.78, 5) is 30.2. The molecule has 0 radical (unpaired) electrons. The number of benzene rings is 1. The van der Waals surface area contributed by atoms with Crippen molar-refractivity contribution in [2.24, 2.45) is 0 Å². The zero-order valence-electron chi connectivity index (χ0n) is 15.4. The Morgan fingerprint density at radius 3 is 2.17 bits per heavy atom. The van der Waals surface area contributed by atoms with E-state index >= 15 is 0 Å². The number of nitrogens with zero attached hydrogens (tertiary/aromatic N) is 2. The molecule has 2 aromatic heterocycles. The minimum Gasteiger partial charge on any atom is -0.325 e. The number of hydrogen-bond donors (Lipinski definition) is 1. The quantitative estimate of drug-likeness (QED) is 0.587. The summed E-state index contributed by atoms with van der Waals surface area (Å²) in [5.41, 5.74) is -3.65. The molecule has 1 aromatic carbocycles. The highest BCUT2D eigenvalue weighted by atomic mass is 32.1. The maximum absolute atomic E-state index is 12.9. The lowest BCUT2D eigenvalue weighted by Crippen LogP contribution is -2.28. The Labute approximate surface area is 169 Å². The van der Waals surface area contributed by atoms with E-state index in [0.29, 0.717) is 27.9 Å². The zero-order valence-corrected chi connectivity index (χ0v) is 16.2. The summed E-state index contributed by atoms with van der Waals surface area (Å²) in [5.74, 6) is -0.977. The molecular weight excluding hydrogens is 436 g/mol. The molecule has 0 aliphatic heterocycles. The van der Waals surface area contributed by atoms with Gasteiger partial charge >= 0.3 is 12.4 Å². The average Bonchev–Trinajstić information content (AvgIpc) is 2.90. The molecule has 2 heterocycles. The minimum absolute atomic E-state index is 0.0420. The molecule has 0 atom stereocenters. The third-order valence-electron chi connectivity index (χ3n) is 4.34. The Morgan fingerprint density at radius 2 is 1.63 bits per heavy atom. The zero-order chi connectivity index (χ0) is 22.4. The summed E-state index contributed by atoms with van der Waals surface area (Å²) in [7, 11) is 0.